The minimum Gasteiger partial charge on any atom is -1.00 e. The molecule has 0 bridgehead atoms. The van der Waals surface area contributed by atoms with E-state index in [9.17, 15) is 81.8 Å². The van der Waals surface area contributed by atoms with Crippen LogP contribution in [0.3, 0.4) is 0 Å². The van der Waals surface area contributed by atoms with Crippen LogP contribution >= 0.6 is 108 Å². The molecule has 0 radical (unpaired) electrons. The molecular formula is C58H108Cl4N10O32S10. The number of halogens is 4. The number of alkyl carbamates (subject to hydrolysis) is 6. The molecule has 10 atom stereocenters. The van der Waals surface area contributed by atoms with Crippen molar-refractivity contribution >= 4 is 204 Å². The Balaban J connectivity index is -0.000000176. The third-order valence-electron chi connectivity index (χ3n) is 9.17. The second-order valence-electron chi connectivity index (χ2n) is 25.9. The lowest BCUT2D eigenvalue weighted by molar-refractivity contribution is -0.377. The van der Waals surface area contributed by atoms with Crippen molar-refractivity contribution in [3.05, 3.63) is 0 Å². The van der Waals surface area contributed by atoms with E-state index in [-0.39, 0.29) is 49.6 Å². The van der Waals surface area contributed by atoms with Crippen molar-refractivity contribution in [2.24, 2.45) is 0 Å². The van der Waals surface area contributed by atoms with E-state index in [1.165, 1.54) is 21.3 Å². The molecule has 6 amide bonds. The molecule has 56 heteroatoms. The molecule has 0 heterocycles. The predicted molar refractivity (Wildman–Crippen MR) is 413 cm³/mol. The number of carboxylic acid groups (broad SMARTS) is 2. The van der Waals surface area contributed by atoms with Gasteiger partial charge in [0.1, 0.15) is 33.6 Å². The van der Waals surface area contributed by atoms with Gasteiger partial charge in [-0.15, -0.1) is 0 Å². The number of hydrogen-bond acceptors (Lipinski definition) is 40. The summed E-state index contributed by atoms with van der Waals surface area (Å²) in [5.74, 6) is -7.63. The van der Waals surface area contributed by atoms with Gasteiger partial charge in [-0.1, -0.05) is 64.8 Å². The van der Waals surface area contributed by atoms with Crippen molar-refractivity contribution in [3.63, 3.8) is 0 Å². The van der Waals surface area contributed by atoms with Crippen molar-refractivity contribution in [2.45, 2.75) is 212 Å². The van der Waals surface area contributed by atoms with Crippen LogP contribution in [0.2, 0.25) is 0 Å². The van der Waals surface area contributed by atoms with E-state index in [0.717, 1.165) is 122 Å². The number of carbonyl (C=O) groups excluding carboxylic acids is 14. The van der Waals surface area contributed by atoms with Crippen LogP contribution in [0.15, 0.2) is 0 Å². The second-order valence-corrected chi connectivity index (χ2v) is 38.7. The molecule has 0 aromatic carbocycles. The van der Waals surface area contributed by atoms with Crippen molar-refractivity contribution < 1.29 is 226 Å². The Morgan fingerprint density at radius 3 is 0.482 bits per heavy atom. The standard InChI is InChI=1S/2C16H28N2O8S2.C15H26N2O8S2.C6H12N2O4S2.C5H10N2O4S2.4ClH/c2*1-15(2,3)25-13(21)17-9(11(19)23-7)27-28-10(12(20)24-8)18-14(22)26-16(4,5)6;1-14(2,3)24-12(21)16-8(10(18)19)26-27-9(11(20)23-7)17-13(22)25-15(4,5)6;1-11-5(9)3(7)13-14-4(8)6(10)12-2;1-11-5(10)3(7)13-12-2(6)4(8)9;;;;/h2*9-10H,1-8H3,(H,17,21)(H,18,22);8-9H,1-7H3,(H,16,21)(H,17,22)(H,18,19);3-4H,7-8H2,1-2H3;2-3H,6-7H2,1H3,(H,8,9);4*1H. The van der Waals surface area contributed by atoms with Gasteiger partial charge in [-0.2, -0.15) is 0 Å². The molecule has 0 aliphatic rings. The number of hydrogen-bond donors (Lipinski definition) is 12. The largest absolute Gasteiger partial charge is 1.00 e. The van der Waals surface area contributed by atoms with E-state index < -0.39 is 184 Å². The number of nitrogens with one attached hydrogen (secondary N) is 6. The maximum absolute atomic E-state index is 11.9. The number of ether oxygens (including phenoxy) is 14. The van der Waals surface area contributed by atoms with Gasteiger partial charge in [0.15, 0.2) is 32.2 Å². The lowest BCUT2D eigenvalue weighted by atomic mass is 10.2. The van der Waals surface area contributed by atoms with Crippen LogP contribution in [0.1, 0.15) is 125 Å². The van der Waals surface area contributed by atoms with Crippen LogP contribution in [0.25, 0.3) is 0 Å². The van der Waals surface area contributed by atoms with Crippen LogP contribution in [-0.2, 0) is 114 Å². The van der Waals surface area contributed by atoms with E-state index in [0.29, 0.717) is 21.6 Å². The quantitative estimate of drug-likeness (QED) is 0.0133. The van der Waals surface area contributed by atoms with Crippen LogP contribution in [0.5, 0.6) is 0 Å². The van der Waals surface area contributed by atoms with Crippen LogP contribution in [-0.4, -0.2) is 251 Å². The van der Waals surface area contributed by atoms with E-state index >= 15 is 0 Å². The summed E-state index contributed by atoms with van der Waals surface area (Å²) in [4.78, 5) is 185. The number of rotatable bonds is 31. The van der Waals surface area contributed by atoms with E-state index in [2.05, 4.69) is 92.7 Å². The smallest absolute Gasteiger partial charge is 0.409 e. The normalized spacial score (nSPS) is 13.4. The first-order valence-corrected chi connectivity index (χ1v) is 42.4. The van der Waals surface area contributed by atoms with Gasteiger partial charge >= 0.3 is 96.3 Å². The van der Waals surface area contributed by atoms with Gasteiger partial charge in [0.2, 0.25) is 21.5 Å². The molecule has 0 aromatic heterocycles. The Morgan fingerprint density at radius 2 is 0.360 bits per heavy atom. The molecule has 0 aliphatic carbocycles. The van der Waals surface area contributed by atoms with Crippen LogP contribution in [0, 0.1) is 0 Å². The van der Waals surface area contributed by atoms with Crippen molar-refractivity contribution in [1.82, 2.24) is 31.9 Å². The number of amides is 6. The Hall–Kier alpha value is -5.18. The molecular weight excluding hydrogens is 1810 g/mol. The van der Waals surface area contributed by atoms with Gasteiger partial charge in [0.05, 0.1) is 56.9 Å². The molecule has 0 saturated heterocycles. The molecule has 0 aliphatic heterocycles. The van der Waals surface area contributed by atoms with E-state index in [1.54, 1.807) is 125 Å². The Morgan fingerprint density at radius 1 is 0.228 bits per heavy atom. The van der Waals surface area contributed by atoms with E-state index in [1.807, 2.05) is 0 Å². The highest BCUT2D eigenvalue weighted by atomic mass is 35.5. The summed E-state index contributed by atoms with van der Waals surface area (Å²) in [7, 11) is 18.2. The third kappa shape index (κ3) is 71.0. The zero-order valence-electron chi connectivity index (χ0n) is 67.3. The molecule has 20 N–H and O–H groups in total. The predicted octanol–water partition coefficient (Wildman–Crippen LogP) is -9.21. The van der Waals surface area contributed by atoms with Gasteiger partial charge in [0, 0.05) is 0 Å². The fourth-order valence-electron chi connectivity index (χ4n) is 4.92. The van der Waals surface area contributed by atoms with E-state index in [4.69, 9.17) is 33.5 Å². The Bertz CT molecular complexity index is 2770. The highest BCUT2D eigenvalue weighted by Crippen LogP contribution is 2.34. The molecule has 42 nitrogen and oxygen atoms in total. The number of esters is 8. The van der Waals surface area contributed by atoms with Crippen molar-refractivity contribution in [1.29, 1.82) is 0 Å². The summed E-state index contributed by atoms with van der Waals surface area (Å²) in [6, 6.07) is 0. The van der Waals surface area contributed by atoms with Crippen LogP contribution < -0.4 is 104 Å². The number of quaternary nitrogens is 4. The maximum atomic E-state index is 11.9. The van der Waals surface area contributed by atoms with Gasteiger partial charge in [-0.05, 0) is 168 Å². The van der Waals surface area contributed by atoms with Crippen molar-refractivity contribution in [2.75, 3.05) is 56.9 Å². The monoisotopic (exact) mass is 1920 g/mol. The zero-order valence-corrected chi connectivity index (χ0v) is 78.5. The minimum atomic E-state index is -1.43. The zero-order chi connectivity index (χ0) is 87.2. The summed E-state index contributed by atoms with van der Waals surface area (Å²) < 4.78 is 66.9. The molecule has 0 saturated carbocycles. The summed E-state index contributed by atoms with van der Waals surface area (Å²) in [5, 5.41) is 21.4. The van der Waals surface area contributed by atoms with Crippen LogP contribution in [0.4, 0.5) is 28.8 Å². The number of carboxylic acids is 2. The van der Waals surface area contributed by atoms with Gasteiger partial charge in [0.25, 0.3) is 0 Å². The Labute approximate surface area is 725 Å². The van der Waals surface area contributed by atoms with Crippen molar-refractivity contribution in [3.8, 4) is 0 Å². The number of methoxy groups -OCH3 is 8. The minimum absolute atomic E-state index is 0. The molecule has 0 spiro atoms. The lowest BCUT2D eigenvalue weighted by Crippen LogP contribution is -3.00. The number of aliphatic carboxylic acids is 2. The average Bonchev–Trinajstić information content (AvgIpc) is 0.878. The highest BCUT2D eigenvalue weighted by molar-refractivity contribution is 8.78. The first kappa shape index (κ1) is 127. The summed E-state index contributed by atoms with van der Waals surface area (Å²) in [5.41, 5.74) is 9.28. The molecule has 114 heavy (non-hydrogen) atoms. The first-order chi connectivity index (χ1) is 50.0. The molecule has 0 fully saturated rings. The lowest BCUT2D eigenvalue weighted by Gasteiger charge is -2.24. The first-order valence-electron chi connectivity index (χ1n) is 31.0. The molecule has 0 aromatic rings. The number of carbonyl (C=O) groups is 16. The second kappa shape index (κ2) is 63.8. The van der Waals surface area contributed by atoms with Gasteiger partial charge < -0.3 is 149 Å². The highest BCUT2D eigenvalue weighted by Gasteiger charge is 2.36. The summed E-state index contributed by atoms with van der Waals surface area (Å²) in [6.07, 6.45) is -5.18. The molecule has 0 rings (SSSR count). The fraction of sp³-hybridized carbons (Fsp3) is 0.724. The summed E-state index contributed by atoms with van der Waals surface area (Å²) >= 11 is 0. The van der Waals surface area contributed by atoms with Gasteiger partial charge in [-0.3, -0.25) is 31.9 Å². The molecule has 670 valence electrons. The SMILES string of the molecule is COC(=O)C(NC(=O)OC(C)(C)C)SSC(NC(=O)OC(C)(C)C)C(=O)O.COC(=O)C(NC(=O)OC(C)(C)C)SSC(NC(=O)OC(C)(C)C)C(=O)OC.COC(=O)C(NC(=O)OC(C)(C)C)SSC(NC(=O)OC(C)(C)C)C(=O)OC.COC(=O)C([NH3+])SSC([NH3+])C(=O)O.COC(=O)C([NH3+])SSC([NH3+])C(=O)OC.[Cl-].[Cl-].[Cl-].[Cl-]. The molecule has 10 unspecified atom stereocenters. The Kier molecular flexibility index (Phi) is 71.1. The third-order valence-corrected chi connectivity index (χ3v) is 22.4. The average molecular weight is 1920 g/mol. The maximum Gasteiger partial charge on any atom is 0.409 e. The summed E-state index contributed by atoms with van der Waals surface area (Å²) in [6.45, 7) is 29.8. The van der Waals surface area contributed by atoms with Gasteiger partial charge in [-0.25, -0.2) is 76.7 Å². The topological polar surface area (TPSA) is 626 Å². The fourth-order valence-corrected chi connectivity index (χ4v) is 15.4.